The number of aryl methyl sites for hydroxylation is 1. The van der Waals surface area contributed by atoms with Crippen molar-refractivity contribution in [1.29, 1.82) is 0 Å². The highest BCUT2D eigenvalue weighted by Crippen LogP contribution is 2.23. The van der Waals surface area contributed by atoms with Crippen LogP contribution in [-0.4, -0.2) is 33.4 Å². The van der Waals surface area contributed by atoms with Crippen molar-refractivity contribution in [3.8, 4) is 0 Å². The molecule has 0 atom stereocenters. The molecule has 1 N–H and O–H groups in total. The van der Waals surface area contributed by atoms with Gasteiger partial charge in [0.15, 0.2) is 0 Å². The highest BCUT2D eigenvalue weighted by atomic mass is 32.2. The van der Waals surface area contributed by atoms with Crippen molar-refractivity contribution < 1.29 is 17.9 Å². The summed E-state index contributed by atoms with van der Waals surface area (Å²) in [5, 5.41) is 2.65. The number of ether oxygens (including phenoxy) is 1. The number of carbonyl (C=O) groups excluding carboxylic acids is 1. The molecular weight excluding hydrogens is 304 g/mol. The van der Waals surface area contributed by atoms with Gasteiger partial charge in [0.1, 0.15) is 5.60 Å². The zero-order valence-corrected chi connectivity index (χ0v) is 14.7. The van der Waals surface area contributed by atoms with E-state index in [1.54, 1.807) is 26.8 Å². The Labute approximate surface area is 132 Å². The molecule has 0 heterocycles. The van der Waals surface area contributed by atoms with E-state index in [2.05, 4.69) is 5.32 Å². The summed E-state index contributed by atoms with van der Waals surface area (Å²) in [6.45, 7) is 7.43. The van der Waals surface area contributed by atoms with Crippen LogP contribution in [0, 0.1) is 6.92 Å². The molecule has 0 saturated carbocycles. The Kier molecular flexibility index (Phi) is 5.45. The van der Waals surface area contributed by atoms with Crippen LogP contribution >= 0.6 is 0 Å². The molecule has 7 heteroatoms. The Balaban J connectivity index is 2.95. The molecule has 0 radical (unpaired) electrons. The second-order valence-electron chi connectivity index (χ2n) is 6.22. The Bertz CT molecular complexity index is 648. The number of nitrogens with one attached hydrogen (secondary N) is 1. The van der Waals surface area contributed by atoms with Crippen molar-refractivity contribution >= 4 is 21.8 Å². The molecule has 0 aliphatic rings. The zero-order chi connectivity index (χ0) is 17.1. The number of benzene rings is 1. The lowest BCUT2D eigenvalue weighted by atomic mass is 10.1. The summed E-state index contributed by atoms with van der Waals surface area (Å²) >= 11 is 0. The molecule has 124 valence electrons. The molecule has 0 saturated heterocycles. The maximum absolute atomic E-state index is 11.7. The minimum absolute atomic E-state index is 0.186. The summed E-state index contributed by atoms with van der Waals surface area (Å²) in [5.41, 5.74) is 1.64. The highest BCUT2D eigenvalue weighted by Gasteiger charge is 2.18. The maximum Gasteiger partial charge on any atom is 0.407 e. The first-order chi connectivity index (χ1) is 9.90. The van der Waals surface area contributed by atoms with Crippen LogP contribution in [0.1, 0.15) is 31.9 Å². The van der Waals surface area contributed by atoms with Gasteiger partial charge in [0.2, 0.25) is 10.0 Å². The third-order valence-corrected chi connectivity index (χ3v) is 4.09. The van der Waals surface area contributed by atoms with Crippen LogP contribution < -0.4 is 9.62 Å². The standard InChI is InChI=1S/C15H24N2O4S/c1-11-7-8-13(17(5)22(6,19)20)12(9-11)10-16-14(18)21-15(2,3)4/h7-9H,10H2,1-6H3,(H,16,18). The number of nitrogens with zero attached hydrogens (tertiary/aromatic N) is 1. The van der Waals surface area contributed by atoms with Gasteiger partial charge in [-0.25, -0.2) is 13.2 Å². The van der Waals surface area contributed by atoms with Crippen LogP contribution in [-0.2, 0) is 21.3 Å². The van der Waals surface area contributed by atoms with Gasteiger partial charge in [-0.15, -0.1) is 0 Å². The number of sulfonamides is 1. The lowest BCUT2D eigenvalue weighted by molar-refractivity contribution is 0.0523. The van der Waals surface area contributed by atoms with E-state index in [9.17, 15) is 13.2 Å². The molecule has 6 nitrogen and oxygen atoms in total. The van der Waals surface area contributed by atoms with E-state index in [-0.39, 0.29) is 6.54 Å². The number of rotatable bonds is 4. The Morgan fingerprint density at radius 2 is 1.91 bits per heavy atom. The predicted molar refractivity (Wildman–Crippen MR) is 87.5 cm³/mol. The Hall–Kier alpha value is -1.76. The van der Waals surface area contributed by atoms with Gasteiger partial charge in [-0.3, -0.25) is 4.31 Å². The molecule has 1 rings (SSSR count). The van der Waals surface area contributed by atoms with Crippen LogP contribution in [0.3, 0.4) is 0 Å². The second kappa shape index (κ2) is 6.56. The molecule has 0 aliphatic carbocycles. The monoisotopic (exact) mass is 328 g/mol. The Morgan fingerprint density at radius 1 is 1.32 bits per heavy atom. The minimum atomic E-state index is -3.37. The molecule has 0 spiro atoms. The molecule has 1 amide bonds. The van der Waals surface area contributed by atoms with E-state index in [0.29, 0.717) is 11.3 Å². The quantitative estimate of drug-likeness (QED) is 0.921. The number of hydrogen-bond donors (Lipinski definition) is 1. The summed E-state index contributed by atoms with van der Waals surface area (Å²) in [6.07, 6.45) is 0.597. The van der Waals surface area contributed by atoms with E-state index in [1.807, 2.05) is 19.1 Å². The first kappa shape index (κ1) is 18.3. The smallest absolute Gasteiger partial charge is 0.407 e. The largest absolute Gasteiger partial charge is 0.444 e. The molecule has 0 aromatic heterocycles. The fourth-order valence-corrected chi connectivity index (χ4v) is 2.36. The zero-order valence-electron chi connectivity index (χ0n) is 13.9. The number of anilines is 1. The van der Waals surface area contributed by atoms with E-state index in [4.69, 9.17) is 4.74 Å². The fraction of sp³-hybridized carbons (Fsp3) is 0.533. The molecule has 0 unspecified atom stereocenters. The van der Waals surface area contributed by atoms with E-state index < -0.39 is 21.7 Å². The normalized spacial score (nSPS) is 11.9. The fourth-order valence-electron chi connectivity index (χ4n) is 1.82. The molecule has 1 aromatic carbocycles. The second-order valence-corrected chi connectivity index (χ2v) is 8.23. The highest BCUT2D eigenvalue weighted by molar-refractivity contribution is 7.92. The number of hydrogen-bond acceptors (Lipinski definition) is 4. The van der Waals surface area contributed by atoms with Gasteiger partial charge in [-0.1, -0.05) is 17.7 Å². The van der Waals surface area contributed by atoms with Gasteiger partial charge in [-0.2, -0.15) is 0 Å². The van der Waals surface area contributed by atoms with Crippen LogP contribution in [0.2, 0.25) is 0 Å². The number of carbonyl (C=O) groups is 1. The molecule has 0 bridgehead atoms. The van der Waals surface area contributed by atoms with Gasteiger partial charge in [0.25, 0.3) is 0 Å². The summed E-state index contributed by atoms with van der Waals surface area (Å²) in [7, 11) is -1.89. The maximum atomic E-state index is 11.7. The molecule has 0 fully saturated rings. The van der Waals surface area contributed by atoms with Crippen molar-refractivity contribution in [3.05, 3.63) is 29.3 Å². The van der Waals surface area contributed by atoms with Crippen molar-refractivity contribution in [2.75, 3.05) is 17.6 Å². The van der Waals surface area contributed by atoms with E-state index >= 15 is 0 Å². The van der Waals surface area contributed by atoms with Gasteiger partial charge in [0.05, 0.1) is 11.9 Å². The minimum Gasteiger partial charge on any atom is -0.444 e. The lowest BCUT2D eigenvalue weighted by Crippen LogP contribution is -2.33. The van der Waals surface area contributed by atoms with Crippen molar-refractivity contribution in [1.82, 2.24) is 5.32 Å². The van der Waals surface area contributed by atoms with Crippen LogP contribution in [0.4, 0.5) is 10.5 Å². The van der Waals surface area contributed by atoms with Crippen molar-refractivity contribution in [2.45, 2.75) is 39.8 Å². The number of amides is 1. The van der Waals surface area contributed by atoms with Crippen LogP contribution in [0.25, 0.3) is 0 Å². The summed E-state index contributed by atoms with van der Waals surface area (Å²) < 4.78 is 29.8. The average Bonchev–Trinajstić information content (AvgIpc) is 2.32. The van der Waals surface area contributed by atoms with Gasteiger partial charge >= 0.3 is 6.09 Å². The predicted octanol–water partition coefficient (Wildman–Crippen LogP) is 2.42. The first-order valence-electron chi connectivity index (χ1n) is 6.90. The first-order valence-corrected chi connectivity index (χ1v) is 8.75. The summed E-state index contributed by atoms with van der Waals surface area (Å²) in [6, 6.07) is 5.39. The third-order valence-electron chi connectivity index (χ3n) is 2.89. The van der Waals surface area contributed by atoms with Gasteiger partial charge in [-0.05, 0) is 39.3 Å². The lowest BCUT2D eigenvalue weighted by Gasteiger charge is -2.22. The summed E-state index contributed by atoms with van der Waals surface area (Å²) in [5.74, 6) is 0. The average molecular weight is 328 g/mol. The molecule has 1 aromatic rings. The molecular formula is C15H24N2O4S. The molecule has 0 aliphatic heterocycles. The SMILES string of the molecule is Cc1ccc(N(C)S(C)(=O)=O)c(CNC(=O)OC(C)(C)C)c1. The van der Waals surface area contributed by atoms with Crippen molar-refractivity contribution in [3.63, 3.8) is 0 Å². The topological polar surface area (TPSA) is 75.7 Å². The van der Waals surface area contributed by atoms with Gasteiger partial charge < -0.3 is 10.1 Å². The van der Waals surface area contributed by atoms with Gasteiger partial charge in [0, 0.05) is 13.6 Å². The van der Waals surface area contributed by atoms with Crippen LogP contribution in [0.5, 0.6) is 0 Å². The van der Waals surface area contributed by atoms with Crippen molar-refractivity contribution in [2.24, 2.45) is 0 Å². The van der Waals surface area contributed by atoms with E-state index in [0.717, 1.165) is 11.8 Å². The number of alkyl carbamates (subject to hydrolysis) is 1. The molecule has 22 heavy (non-hydrogen) atoms. The van der Waals surface area contributed by atoms with Crippen LogP contribution in [0.15, 0.2) is 18.2 Å². The Morgan fingerprint density at radius 3 is 2.41 bits per heavy atom. The van der Waals surface area contributed by atoms with E-state index in [1.165, 1.54) is 11.4 Å². The summed E-state index contributed by atoms with van der Waals surface area (Å²) in [4.78, 5) is 11.7. The third kappa shape index (κ3) is 5.55.